The largest absolute Gasteiger partial charge is 0.466 e. The van der Waals surface area contributed by atoms with Crippen LogP contribution in [0.5, 0.6) is 0 Å². The van der Waals surface area contributed by atoms with Gasteiger partial charge >= 0.3 is 11.9 Å². The quantitative estimate of drug-likeness (QED) is 0.724. The lowest BCUT2D eigenvalue weighted by Crippen LogP contribution is -2.58. The molecule has 1 heterocycles. The van der Waals surface area contributed by atoms with Crippen LogP contribution in [0.15, 0.2) is 0 Å². The molecule has 21 heavy (non-hydrogen) atoms. The Morgan fingerprint density at radius 2 is 1.90 bits per heavy atom. The van der Waals surface area contributed by atoms with Crippen molar-refractivity contribution in [3.8, 4) is 0 Å². The maximum atomic E-state index is 11.4. The zero-order chi connectivity index (χ0) is 15.6. The molecule has 7 unspecified atom stereocenters. The van der Waals surface area contributed by atoms with E-state index in [0.717, 1.165) is 0 Å². The molecule has 3 aliphatic rings. The molecule has 0 aromatic heterocycles. The van der Waals surface area contributed by atoms with Crippen molar-refractivity contribution in [1.29, 1.82) is 0 Å². The smallest absolute Gasteiger partial charge is 0.302 e. The number of fused-ring (bicyclic) bond motifs is 1. The van der Waals surface area contributed by atoms with Gasteiger partial charge in [0.05, 0.1) is 18.1 Å². The van der Waals surface area contributed by atoms with Crippen molar-refractivity contribution in [3.05, 3.63) is 0 Å². The minimum Gasteiger partial charge on any atom is -0.466 e. The number of hydrogen-bond acceptors (Lipinski definition) is 6. The predicted molar refractivity (Wildman–Crippen MR) is 71.1 cm³/mol. The van der Waals surface area contributed by atoms with Gasteiger partial charge in [-0.3, -0.25) is 9.59 Å². The van der Waals surface area contributed by atoms with Crippen molar-refractivity contribution in [1.82, 2.24) is 0 Å². The van der Waals surface area contributed by atoms with Gasteiger partial charge in [0.2, 0.25) is 0 Å². The van der Waals surface area contributed by atoms with Crippen LogP contribution in [0.25, 0.3) is 0 Å². The summed E-state index contributed by atoms with van der Waals surface area (Å²) in [5.74, 6) is -0.992. The Kier molecular flexibility index (Phi) is 3.12. The number of rotatable bonds is 4. The molecule has 2 saturated carbocycles. The van der Waals surface area contributed by atoms with Crippen LogP contribution in [0.3, 0.4) is 0 Å². The molecular formula is C15H22O6. The highest BCUT2D eigenvalue weighted by molar-refractivity contribution is 5.67. The van der Waals surface area contributed by atoms with Gasteiger partial charge in [-0.2, -0.15) is 0 Å². The average molecular weight is 298 g/mol. The van der Waals surface area contributed by atoms with E-state index in [4.69, 9.17) is 18.9 Å². The maximum absolute atomic E-state index is 11.4. The first kappa shape index (κ1) is 14.8. The summed E-state index contributed by atoms with van der Waals surface area (Å²) in [6.45, 7) is 7.07. The van der Waals surface area contributed by atoms with Crippen molar-refractivity contribution < 1.29 is 28.5 Å². The van der Waals surface area contributed by atoms with E-state index in [1.807, 2.05) is 13.8 Å². The molecule has 6 heteroatoms. The number of ether oxygens (including phenoxy) is 4. The van der Waals surface area contributed by atoms with Crippen molar-refractivity contribution in [3.63, 3.8) is 0 Å². The fourth-order valence-corrected chi connectivity index (χ4v) is 4.74. The van der Waals surface area contributed by atoms with Crippen molar-refractivity contribution in [2.24, 2.45) is 23.2 Å². The number of carbonyl (C=O) groups excluding carboxylic acids is 2. The first-order valence-corrected chi connectivity index (χ1v) is 7.33. The topological polar surface area (TPSA) is 71.1 Å². The summed E-state index contributed by atoms with van der Waals surface area (Å²) in [7, 11) is 1.62. The van der Waals surface area contributed by atoms with E-state index in [9.17, 15) is 9.59 Å². The summed E-state index contributed by atoms with van der Waals surface area (Å²) in [5.41, 5.74) is -0.212. The highest BCUT2D eigenvalue weighted by Crippen LogP contribution is 2.82. The molecule has 0 radical (unpaired) electrons. The van der Waals surface area contributed by atoms with Gasteiger partial charge in [-0.15, -0.1) is 0 Å². The summed E-state index contributed by atoms with van der Waals surface area (Å²) < 4.78 is 22.2. The Morgan fingerprint density at radius 1 is 1.24 bits per heavy atom. The molecule has 2 aliphatic carbocycles. The van der Waals surface area contributed by atoms with E-state index < -0.39 is 5.79 Å². The zero-order valence-corrected chi connectivity index (χ0v) is 13.0. The van der Waals surface area contributed by atoms with E-state index in [-0.39, 0.29) is 47.3 Å². The summed E-state index contributed by atoms with van der Waals surface area (Å²) in [5, 5.41) is 0. The summed E-state index contributed by atoms with van der Waals surface area (Å²) >= 11 is 0. The normalized spacial score (nSPS) is 49.7. The monoisotopic (exact) mass is 298 g/mol. The number of carbonyl (C=O) groups is 2. The standard InChI is InChI=1S/C15H22O6/c1-7-10(6-19-8(2)16)15-11(12(7)20-9(3)17)13(15)21-14(15,4)18-5/h7,10-13H,6H2,1-5H3. The number of methoxy groups -OCH3 is 1. The summed E-state index contributed by atoms with van der Waals surface area (Å²) in [4.78, 5) is 22.5. The van der Waals surface area contributed by atoms with Crippen LogP contribution in [0.4, 0.5) is 0 Å². The Hall–Kier alpha value is -1.14. The Labute approximate surface area is 124 Å². The third kappa shape index (κ3) is 1.66. The molecule has 0 bridgehead atoms. The van der Waals surface area contributed by atoms with Crippen LogP contribution in [-0.2, 0) is 28.5 Å². The third-order valence-electron chi connectivity index (χ3n) is 5.66. The van der Waals surface area contributed by atoms with E-state index >= 15 is 0 Å². The van der Waals surface area contributed by atoms with Gasteiger partial charge in [-0.1, -0.05) is 6.92 Å². The van der Waals surface area contributed by atoms with Gasteiger partial charge in [0.15, 0.2) is 5.79 Å². The van der Waals surface area contributed by atoms with Gasteiger partial charge in [0.25, 0.3) is 0 Å². The predicted octanol–water partition coefficient (Wildman–Crippen LogP) is 1.12. The second-order valence-corrected chi connectivity index (χ2v) is 6.49. The van der Waals surface area contributed by atoms with Gasteiger partial charge in [0, 0.05) is 38.7 Å². The van der Waals surface area contributed by atoms with Gasteiger partial charge < -0.3 is 18.9 Å². The molecule has 3 fully saturated rings. The molecule has 0 aromatic carbocycles. The van der Waals surface area contributed by atoms with Crippen molar-refractivity contribution in [2.45, 2.75) is 45.7 Å². The molecule has 1 spiro atoms. The van der Waals surface area contributed by atoms with Gasteiger partial charge in [-0.05, 0) is 6.92 Å². The molecule has 6 nitrogen and oxygen atoms in total. The fourth-order valence-electron chi connectivity index (χ4n) is 4.74. The summed E-state index contributed by atoms with van der Waals surface area (Å²) in [6, 6.07) is 0. The zero-order valence-electron chi connectivity index (χ0n) is 13.0. The third-order valence-corrected chi connectivity index (χ3v) is 5.66. The first-order valence-electron chi connectivity index (χ1n) is 7.33. The van der Waals surface area contributed by atoms with E-state index in [1.54, 1.807) is 7.11 Å². The molecule has 1 aliphatic heterocycles. The van der Waals surface area contributed by atoms with E-state index in [2.05, 4.69) is 0 Å². The molecular weight excluding hydrogens is 276 g/mol. The SMILES string of the molecule is COC1(C)OC2C3C(OC(C)=O)C(C)C(COC(C)=O)C231. The van der Waals surface area contributed by atoms with Crippen molar-refractivity contribution >= 4 is 11.9 Å². The Bertz CT molecular complexity index is 491. The second-order valence-electron chi connectivity index (χ2n) is 6.49. The Morgan fingerprint density at radius 3 is 2.43 bits per heavy atom. The molecule has 0 aromatic rings. The molecule has 7 atom stereocenters. The fraction of sp³-hybridized carbons (Fsp3) is 0.867. The highest BCUT2D eigenvalue weighted by atomic mass is 16.7. The van der Waals surface area contributed by atoms with Crippen LogP contribution in [-0.4, -0.2) is 43.7 Å². The molecule has 3 rings (SSSR count). The lowest BCUT2D eigenvalue weighted by Gasteiger charge is -2.49. The van der Waals surface area contributed by atoms with Crippen LogP contribution >= 0.6 is 0 Å². The van der Waals surface area contributed by atoms with Crippen LogP contribution < -0.4 is 0 Å². The number of hydrogen-bond donors (Lipinski definition) is 0. The molecule has 0 N–H and O–H groups in total. The van der Waals surface area contributed by atoms with E-state index in [0.29, 0.717) is 6.61 Å². The first-order chi connectivity index (χ1) is 9.79. The number of esters is 2. The van der Waals surface area contributed by atoms with Gasteiger partial charge in [-0.25, -0.2) is 0 Å². The van der Waals surface area contributed by atoms with E-state index in [1.165, 1.54) is 13.8 Å². The maximum Gasteiger partial charge on any atom is 0.302 e. The molecule has 118 valence electrons. The molecule has 1 saturated heterocycles. The lowest BCUT2D eigenvalue weighted by molar-refractivity contribution is -0.346. The minimum absolute atomic E-state index is 0.0311. The van der Waals surface area contributed by atoms with Crippen molar-refractivity contribution in [2.75, 3.05) is 13.7 Å². The second kappa shape index (κ2) is 4.43. The summed E-state index contributed by atoms with van der Waals surface area (Å²) in [6.07, 6.45) is -0.173. The Balaban J connectivity index is 1.87. The lowest BCUT2D eigenvalue weighted by atomic mass is 9.76. The van der Waals surface area contributed by atoms with Crippen LogP contribution in [0, 0.1) is 23.2 Å². The van der Waals surface area contributed by atoms with Gasteiger partial charge in [0.1, 0.15) is 6.10 Å². The molecule has 0 amide bonds. The van der Waals surface area contributed by atoms with Crippen LogP contribution in [0.1, 0.15) is 27.7 Å². The highest BCUT2D eigenvalue weighted by Gasteiger charge is 2.93. The van der Waals surface area contributed by atoms with Crippen LogP contribution in [0.2, 0.25) is 0 Å². The average Bonchev–Trinajstić information content (AvgIpc) is 2.86. The minimum atomic E-state index is -0.698.